The normalized spacial score (nSPS) is 11.8. The lowest BCUT2D eigenvalue weighted by Crippen LogP contribution is -2.11. The van der Waals surface area contributed by atoms with Gasteiger partial charge in [-0.05, 0) is 42.0 Å². The SMILES string of the molecule is O=S(=O)(O)c1cc(Cl)ccc1C(c1cc(Cl)cc(Cl)c1O)c1cc(Cl)cc(Cl)c1O. The van der Waals surface area contributed by atoms with Crippen molar-refractivity contribution in [3.8, 4) is 11.5 Å². The zero-order valence-electron chi connectivity index (χ0n) is 14.6. The Kier molecular flexibility index (Phi) is 6.70. The predicted molar refractivity (Wildman–Crippen MR) is 118 cm³/mol. The molecule has 3 N–H and O–H groups in total. The Morgan fingerprint density at radius 2 is 1.13 bits per heavy atom. The lowest BCUT2D eigenvalue weighted by molar-refractivity contribution is 0.457. The Hall–Kier alpha value is -1.38. The molecule has 30 heavy (non-hydrogen) atoms. The van der Waals surface area contributed by atoms with Gasteiger partial charge < -0.3 is 10.2 Å². The van der Waals surface area contributed by atoms with Crippen LogP contribution in [0.4, 0.5) is 0 Å². The summed E-state index contributed by atoms with van der Waals surface area (Å²) in [6, 6.07) is 8.98. The van der Waals surface area contributed by atoms with E-state index >= 15 is 0 Å². The van der Waals surface area contributed by atoms with Crippen LogP contribution in [0.15, 0.2) is 47.4 Å². The molecule has 0 aliphatic carbocycles. The third kappa shape index (κ3) is 4.60. The van der Waals surface area contributed by atoms with E-state index in [0.717, 1.165) is 6.07 Å². The van der Waals surface area contributed by atoms with Crippen LogP contribution in [0.3, 0.4) is 0 Å². The predicted octanol–water partition coefficient (Wildman–Crippen LogP) is 6.79. The highest BCUT2D eigenvalue weighted by Gasteiger charge is 2.31. The topological polar surface area (TPSA) is 94.8 Å². The summed E-state index contributed by atoms with van der Waals surface area (Å²) in [6.07, 6.45) is 0. The van der Waals surface area contributed by atoms with Crippen LogP contribution in [0.25, 0.3) is 0 Å². The van der Waals surface area contributed by atoms with E-state index in [1.54, 1.807) is 0 Å². The molecule has 0 aliphatic rings. The van der Waals surface area contributed by atoms with Gasteiger partial charge in [0.2, 0.25) is 0 Å². The van der Waals surface area contributed by atoms with Crippen molar-refractivity contribution < 1.29 is 23.2 Å². The minimum atomic E-state index is -4.76. The Labute approximate surface area is 197 Å². The third-order valence-electron chi connectivity index (χ3n) is 4.30. The van der Waals surface area contributed by atoms with Gasteiger partial charge >= 0.3 is 0 Å². The summed E-state index contributed by atoms with van der Waals surface area (Å²) >= 11 is 30.2. The molecule has 0 aromatic heterocycles. The second-order valence-electron chi connectivity index (χ2n) is 6.24. The van der Waals surface area contributed by atoms with Gasteiger partial charge in [0.05, 0.1) is 14.9 Å². The van der Waals surface area contributed by atoms with Crippen LogP contribution in [-0.2, 0) is 10.1 Å². The second kappa shape index (κ2) is 8.63. The number of aromatic hydroxyl groups is 2. The minimum Gasteiger partial charge on any atom is -0.506 e. The number of hydrogen-bond acceptors (Lipinski definition) is 4. The van der Waals surface area contributed by atoms with Crippen molar-refractivity contribution in [3.63, 3.8) is 0 Å². The third-order valence-corrected chi connectivity index (χ3v) is 6.46. The molecule has 0 amide bonds. The minimum absolute atomic E-state index is 0.0341. The van der Waals surface area contributed by atoms with Crippen molar-refractivity contribution in [2.45, 2.75) is 10.8 Å². The molecule has 3 aromatic rings. The van der Waals surface area contributed by atoms with Gasteiger partial charge in [0.25, 0.3) is 10.1 Å². The average molecular weight is 529 g/mol. The monoisotopic (exact) mass is 526 g/mol. The molecule has 0 saturated carbocycles. The number of phenols is 2. The highest BCUT2D eigenvalue weighted by molar-refractivity contribution is 7.85. The Balaban J connectivity index is 2.49. The molecule has 0 saturated heterocycles. The molecule has 158 valence electrons. The van der Waals surface area contributed by atoms with Crippen molar-refractivity contribution in [2.75, 3.05) is 0 Å². The van der Waals surface area contributed by atoms with Crippen LogP contribution in [0, 0.1) is 0 Å². The summed E-state index contributed by atoms with van der Waals surface area (Å²) in [5.41, 5.74) is 0.0332. The number of hydrogen-bond donors (Lipinski definition) is 3. The van der Waals surface area contributed by atoms with E-state index in [1.165, 1.54) is 36.4 Å². The van der Waals surface area contributed by atoms with Gasteiger partial charge in [-0.15, -0.1) is 0 Å². The smallest absolute Gasteiger partial charge is 0.294 e. The fourth-order valence-electron chi connectivity index (χ4n) is 3.08. The molecule has 0 fully saturated rings. The Morgan fingerprint density at radius 1 is 0.667 bits per heavy atom. The van der Waals surface area contributed by atoms with Gasteiger partial charge in [-0.1, -0.05) is 64.1 Å². The van der Waals surface area contributed by atoms with Crippen LogP contribution >= 0.6 is 58.0 Å². The van der Waals surface area contributed by atoms with Crippen LogP contribution in [0.2, 0.25) is 25.1 Å². The molecule has 0 aliphatic heterocycles. The zero-order valence-corrected chi connectivity index (χ0v) is 19.2. The van der Waals surface area contributed by atoms with Crippen molar-refractivity contribution in [2.24, 2.45) is 0 Å². The number of halogens is 5. The maximum Gasteiger partial charge on any atom is 0.294 e. The molecule has 3 aromatic carbocycles. The summed E-state index contributed by atoms with van der Waals surface area (Å²) < 4.78 is 33.9. The molecule has 0 bridgehead atoms. The summed E-state index contributed by atoms with van der Waals surface area (Å²) in [6.45, 7) is 0. The number of benzene rings is 3. The van der Waals surface area contributed by atoms with E-state index in [-0.39, 0.29) is 41.8 Å². The van der Waals surface area contributed by atoms with Crippen molar-refractivity contribution in [1.29, 1.82) is 0 Å². The van der Waals surface area contributed by atoms with E-state index in [0.29, 0.717) is 0 Å². The van der Waals surface area contributed by atoms with Gasteiger partial charge in [0, 0.05) is 32.1 Å². The fraction of sp³-hybridized carbons (Fsp3) is 0.0526. The molecule has 5 nitrogen and oxygen atoms in total. The lowest BCUT2D eigenvalue weighted by Gasteiger charge is -2.24. The van der Waals surface area contributed by atoms with Crippen molar-refractivity contribution in [3.05, 3.63) is 84.3 Å². The molecule has 0 unspecified atom stereocenters. The molecule has 0 atom stereocenters. The van der Waals surface area contributed by atoms with E-state index in [1.807, 2.05) is 0 Å². The van der Waals surface area contributed by atoms with Gasteiger partial charge in [-0.3, -0.25) is 4.55 Å². The summed E-state index contributed by atoms with van der Waals surface area (Å²) in [7, 11) is -4.76. The Morgan fingerprint density at radius 3 is 1.57 bits per heavy atom. The maximum absolute atomic E-state index is 12.1. The first kappa shape index (κ1) is 23.3. The first-order chi connectivity index (χ1) is 13.9. The standard InChI is InChI=1S/C19H11Cl5O5S/c20-8-1-2-11(16(7-8)30(27,28)29)17(12-3-9(21)5-14(23)18(12)25)13-4-10(22)6-15(24)19(13)26/h1-7,17,25-26H,(H,27,28,29). The van der Waals surface area contributed by atoms with Gasteiger partial charge in [0.1, 0.15) is 11.5 Å². The van der Waals surface area contributed by atoms with Gasteiger partial charge in [-0.2, -0.15) is 8.42 Å². The summed E-state index contributed by atoms with van der Waals surface area (Å²) in [5.74, 6) is -2.04. The van der Waals surface area contributed by atoms with Gasteiger partial charge in [0.15, 0.2) is 0 Å². The molecule has 0 spiro atoms. The zero-order chi connectivity index (χ0) is 22.4. The average Bonchev–Trinajstić information content (AvgIpc) is 2.63. The van der Waals surface area contributed by atoms with Crippen LogP contribution in [-0.4, -0.2) is 23.2 Å². The molecule has 3 rings (SSSR count). The second-order valence-corrected chi connectivity index (χ2v) is 9.75. The largest absolute Gasteiger partial charge is 0.506 e. The first-order valence-corrected chi connectivity index (χ1v) is 11.4. The molecule has 0 heterocycles. The highest BCUT2D eigenvalue weighted by Crippen LogP contribution is 2.48. The Bertz CT molecular complexity index is 1200. The first-order valence-electron chi connectivity index (χ1n) is 8.03. The molecular weight excluding hydrogens is 518 g/mol. The van der Waals surface area contributed by atoms with E-state index in [2.05, 4.69) is 0 Å². The van der Waals surface area contributed by atoms with Crippen LogP contribution in [0.5, 0.6) is 11.5 Å². The molecular formula is C19H11Cl5O5S. The maximum atomic E-state index is 12.1. The number of phenolic OH excluding ortho intramolecular Hbond substituents is 2. The van der Waals surface area contributed by atoms with Crippen LogP contribution in [0.1, 0.15) is 22.6 Å². The van der Waals surface area contributed by atoms with E-state index in [9.17, 15) is 23.2 Å². The highest BCUT2D eigenvalue weighted by atomic mass is 35.5. The van der Waals surface area contributed by atoms with E-state index in [4.69, 9.17) is 58.0 Å². The summed E-state index contributed by atoms with van der Waals surface area (Å²) in [4.78, 5) is -0.550. The van der Waals surface area contributed by atoms with Gasteiger partial charge in [-0.25, -0.2) is 0 Å². The van der Waals surface area contributed by atoms with Crippen molar-refractivity contribution >= 4 is 68.1 Å². The van der Waals surface area contributed by atoms with Crippen molar-refractivity contribution in [1.82, 2.24) is 0 Å². The molecule has 11 heteroatoms. The van der Waals surface area contributed by atoms with Crippen LogP contribution < -0.4 is 0 Å². The molecule has 0 radical (unpaired) electrons. The quantitative estimate of drug-likeness (QED) is 0.256. The fourth-order valence-corrected chi connectivity index (χ4v) is 5.10. The summed E-state index contributed by atoms with van der Waals surface area (Å²) in [5, 5.41) is 21.3. The number of rotatable bonds is 4. The van der Waals surface area contributed by atoms with E-state index < -0.39 is 32.4 Å². The lowest BCUT2D eigenvalue weighted by atomic mass is 9.84.